The zero-order chi connectivity index (χ0) is 21.1. The highest BCUT2D eigenvalue weighted by Crippen LogP contribution is 2.27. The first-order valence-corrected chi connectivity index (χ1v) is 10.6. The fourth-order valence-electron chi connectivity index (χ4n) is 4.21. The Morgan fingerprint density at radius 1 is 1.29 bits per heavy atom. The number of halogens is 1. The Kier molecular flexibility index (Phi) is 7.74. The van der Waals surface area contributed by atoms with Crippen LogP contribution >= 0.6 is 24.0 Å². The molecular weight excluding hydrogens is 501 g/mol. The van der Waals surface area contributed by atoms with E-state index < -0.39 is 0 Å². The molecule has 4 rings (SSSR count). The number of piperidine rings is 1. The lowest BCUT2D eigenvalue weighted by Gasteiger charge is -2.39. The molecule has 1 N–H and O–H groups in total. The van der Waals surface area contributed by atoms with E-state index in [1.54, 1.807) is 0 Å². The number of nitrogens with one attached hydrogen (secondary N) is 1. The molecule has 0 saturated carbocycles. The van der Waals surface area contributed by atoms with Crippen LogP contribution in [0.1, 0.15) is 24.9 Å². The summed E-state index contributed by atoms with van der Waals surface area (Å²) in [5, 5.41) is 4.77. The van der Waals surface area contributed by atoms with Gasteiger partial charge < -0.3 is 19.7 Å². The molecule has 0 bridgehead atoms. The number of nitrogens with zero attached hydrogens (tertiary/aromatic N) is 6. The van der Waals surface area contributed by atoms with Crippen molar-refractivity contribution < 1.29 is 0 Å². The van der Waals surface area contributed by atoms with Gasteiger partial charge in [-0.15, -0.1) is 24.0 Å². The Balaban J connectivity index is 0.00000272. The van der Waals surface area contributed by atoms with Crippen molar-refractivity contribution in [1.29, 1.82) is 0 Å². The van der Waals surface area contributed by atoms with E-state index in [1.807, 2.05) is 44.6 Å². The van der Waals surface area contributed by atoms with Crippen molar-refractivity contribution in [1.82, 2.24) is 24.8 Å². The normalized spacial score (nSPS) is 19.2. The zero-order valence-electron chi connectivity index (χ0n) is 18.7. The average Bonchev–Trinajstić information content (AvgIpc) is 3.29. The van der Waals surface area contributed by atoms with Gasteiger partial charge in [0.15, 0.2) is 5.96 Å². The van der Waals surface area contributed by atoms with Gasteiger partial charge in [0.25, 0.3) is 0 Å². The Morgan fingerprint density at radius 3 is 2.81 bits per heavy atom. The highest BCUT2D eigenvalue weighted by molar-refractivity contribution is 14.0. The van der Waals surface area contributed by atoms with Gasteiger partial charge in [0, 0.05) is 58.6 Å². The molecule has 0 amide bonds. The maximum atomic E-state index is 4.77. The van der Waals surface area contributed by atoms with Crippen molar-refractivity contribution >= 4 is 46.7 Å². The van der Waals surface area contributed by atoms with Crippen LogP contribution < -0.4 is 10.2 Å². The summed E-state index contributed by atoms with van der Waals surface area (Å²) in [4.78, 5) is 18.0. The molecule has 7 nitrogen and oxygen atoms in total. The number of fused-ring (bicyclic) bond motifs is 1. The summed E-state index contributed by atoms with van der Waals surface area (Å²) in [6.07, 6.45) is 6.97. The Hall–Kier alpha value is -2.36. The largest absolute Gasteiger partial charge is 0.363 e. The zero-order valence-corrected chi connectivity index (χ0v) is 21.0. The second-order valence-corrected chi connectivity index (χ2v) is 8.24. The molecule has 0 aliphatic carbocycles. The third-order valence-corrected chi connectivity index (χ3v) is 6.02. The van der Waals surface area contributed by atoms with Gasteiger partial charge in [0.2, 0.25) is 0 Å². The number of anilines is 1. The van der Waals surface area contributed by atoms with E-state index in [0.717, 1.165) is 36.8 Å². The standard InChI is InChI=1S/C23H31N7.HI/c1-17-9-11-29(15-21(17)30-12-10-25-16-30)23(24-2)26-14-18-13-22(28(3)4)27-20-8-6-5-7-19(18)20;/h5-8,10,12-13,16-17,21H,9,11,14-15H2,1-4H3,(H,24,26);1H. The van der Waals surface area contributed by atoms with Crippen molar-refractivity contribution in [3.8, 4) is 0 Å². The summed E-state index contributed by atoms with van der Waals surface area (Å²) in [5.74, 6) is 2.52. The van der Waals surface area contributed by atoms with E-state index in [1.165, 1.54) is 10.9 Å². The van der Waals surface area contributed by atoms with Crippen LogP contribution in [0.3, 0.4) is 0 Å². The Bertz CT molecular complexity index is 1020. The SMILES string of the molecule is CN=C(NCc1cc(N(C)C)nc2ccccc12)N1CCC(C)C(n2ccnc2)C1.I. The van der Waals surface area contributed by atoms with Crippen LogP contribution in [0.2, 0.25) is 0 Å². The van der Waals surface area contributed by atoms with Crippen LogP contribution in [0.4, 0.5) is 5.82 Å². The van der Waals surface area contributed by atoms with Crippen LogP contribution in [0.25, 0.3) is 10.9 Å². The first-order valence-electron chi connectivity index (χ1n) is 10.6. The molecule has 0 spiro atoms. The lowest BCUT2D eigenvalue weighted by molar-refractivity contribution is 0.189. The highest BCUT2D eigenvalue weighted by Gasteiger charge is 2.28. The third kappa shape index (κ3) is 5.11. The summed E-state index contributed by atoms with van der Waals surface area (Å²) in [5.41, 5.74) is 2.24. The molecule has 1 saturated heterocycles. The Morgan fingerprint density at radius 2 is 2.10 bits per heavy atom. The van der Waals surface area contributed by atoms with Gasteiger partial charge in [-0.3, -0.25) is 4.99 Å². The first-order chi connectivity index (χ1) is 14.6. The molecule has 3 heterocycles. The van der Waals surface area contributed by atoms with E-state index in [0.29, 0.717) is 18.5 Å². The molecular formula is C23H32IN7. The molecule has 3 aromatic rings. The summed E-state index contributed by atoms with van der Waals surface area (Å²) < 4.78 is 2.23. The van der Waals surface area contributed by atoms with Gasteiger partial charge in [-0.2, -0.15) is 0 Å². The van der Waals surface area contributed by atoms with Gasteiger partial charge in [0.1, 0.15) is 5.82 Å². The number of hydrogen-bond donors (Lipinski definition) is 1. The minimum absolute atomic E-state index is 0. The maximum absolute atomic E-state index is 4.77. The number of pyridine rings is 1. The molecule has 166 valence electrons. The molecule has 31 heavy (non-hydrogen) atoms. The van der Waals surface area contributed by atoms with E-state index in [4.69, 9.17) is 4.98 Å². The maximum Gasteiger partial charge on any atom is 0.193 e. The minimum Gasteiger partial charge on any atom is -0.363 e. The van der Waals surface area contributed by atoms with Gasteiger partial charge in [-0.1, -0.05) is 25.1 Å². The third-order valence-electron chi connectivity index (χ3n) is 6.02. The van der Waals surface area contributed by atoms with Gasteiger partial charge in [-0.05, 0) is 30.0 Å². The van der Waals surface area contributed by atoms with Gasteiger partial charge in [-0.25, -0.2) is 9.97 Å². The summed E-state index contributed by atoms with van der Waals surface area (Å²) in [6, 6.07) is 10.9. The van der Waals surface area contributed by atoms with Crippen LogP contribution in [0, 0.1) is 5.92 Å². The van der Waals surface area contributed by atoms with Gasteiger partial charge >= 0.3 is 0 Å². The number of imidazole rings is 1. The fraction of sp³-hybridized carbons (Fsp3) is 0.435. The molecule has 1 fully saturated rings. The van der Waals surface area contributed by atoms with E-state index in [-0.39, 0.29) is 24.0 Å². The van der Waals surface area contributed by atoms with Crippen molar-refractivity contribution in [3.63, 3.8) is 0 Å². The first kappa shape index (κ1) is 23.3. The number of likely N-dealkylation sites (tertiary alicyclic amines) is 1. The van der Waals surface area contributed by atoms with Crippen LogP contribution in [-0.4, -0.2) is 59.6 Å². The number of benzene rings is 1. The topological polar surface area (TPSA) is 61.6 Å². The molecule has 8 heteroatoms. The number of hydrogen-bond acceptors (Lipinski definition) is 4. The van der Waals surface area contributed by atoms with E-state index in [9.17, 15) is 0 Å². The van der Waals surface area contributed by atoms with Crippen molar-refractivity contribution in [2.75, 3.05) is 39.1 Å². The van der Waals surface area contributed by atoms with Crippen molar-refractivity contribution in [2.45, 2.75) is 25.9 Å². The number of rotatable bonds is 4. The van der Waals surface area contributed by atoms with Crippen LogP contribution in [0.15, 0.2) is 54.0 Å². The number of aromatic nitrogens is 3. The van der Waals surface area contributed by atoms with E-state index >= 15 is 0 Å². The monoisotopic (exact) mass is 533 g/mol. The lowest BCUT2D eigenvalue weighted by Crippen LogP contribution is -2.48. The predicted molar refractivity (Wildman–Crippen MR) is 138 cm³/mol. The molecule has 0 radical (unpaired) electrons. The fourth-order valence-corrected chi connectivity index (χ4v) is 4.21. The molecule has 1 aromatic carbocycles. The Labute approximate surface area is 201 Å². The number of guanidine groups is 1. The second-order valence-electron chi connectivity index (χ2n) is 8.24. The lowest BCUT2D eigenvalue weighted by atomic mass is 9.93. The van der Waals surface area contributed by atoms with Gasteiger partial charge in [0.05, 0.1) is 17.9 Å². The van der Waals surface area contributed by atoms with Crippen molar-refractivity contribution in [3.05, 3.63) is 54.6 Å². The quantitative estimate of drug-likeness (QED) is 0.315. The van der Waals surface area contributed by atoms with Crippen LogP contribution in [0.5, 0.6) is 0 Å². The average molecular weight is 533 g/mol. The second kappa shape index (κ2) is 10.3. The highest BCUT2D eigenvalue weighted by atomic mass is 127. The molecule has 2 atom stereocenters. The minimum atomic E-state index is 0. The molecule has 1 aliphatic rings. The number of para-hydroxylation sites is 1. The predicted octanol–water partition coefficient (Wildman–Crippen LogP) is 3.77. The smallest absolute Gasteiger partial charge is 0.193 e. The molecule has 1 aliphatic heterocycles. The van der Waals surface area contributed by atoms with Crippen LogP contribution in [-0.2, 0) is 6.54 Å². The molecule has 2 unspecified atom stereocenters. The van der Waals surface area contributed by atoms with E-state index in [2.05, 4.69) is 62.1 Å². The van der Waals surface area contributed by atoms with Crippen molar-refractivity contribution in [2.24, 2.45) is 10.9 Å². The number of aliphatic imine (C=N–C) groups is 1. The molecule has 2 aromatic heterocycles. The summed E-state index contributed by atoms with van der Waals surface area (Å²) >= 11 is 0. The summed E-state index contributed by atoms with van der Waals surface area (Å²) in [6.45, 7) is 4.96. The summed E-state index contributed by atoms with van der Waals surface area (Å²) in [7, 11) is 5.92.